The van der Waals surface area contributed by atoms with E-state index in [1.54, 1.807) is 7.05 Å². The number of fused-ring (bicyclic) bond motifs is 2. The maximum absolute atomic E-state index is 13.8. The van der Waals surface area contributed by atoms with Crippen molar-refractivity contribution in [1.82, 2.24) is 28.7 Å². The number of allylic oxidation sites excluding steroid dienone is 1. The molecule has 3 aromatic heterocycles. The highest BCUT2D eigenvalue weighted by molar-refractivity contribution is 5.80. The van der Waals surface area contributed by atoms with Gasteiger partial charge in [-0.05, 0) is 44.9 Å². The minimum absolute atomic E-state index is 0.0341. The molecule has 1 aliphatic rings. The molecule has 1 aromatic carbocycles. The second-order valence-electron chi connectivity index (χ2n) is 9.18. The lowest BCUT2D eigenvalue weighted by Gasteiger charge is -2.31. The van der Waals surface area contributed by atoms with Crippen LogP contribution in [0, 0.1) is 6.92 Å². The van der Waals surface area contributed by atoms with Crippen molar-refractivity contribution in [2.45, 2.75) is 45.8 Å². The van der Waals surface area contributed by atoms with Gasteiger partial charge in [0.1, 0.15) is 5.82 Å². The van der Waals surface area contributed by atoms with Gasteiger partial charge in [0.25, 0.3) is 5.56 Å². The highest BCUT2D eigenvalue weighted by atomic mass is 16.2. The van der Waals surface area contributed by atoms with Crippen LogP contribution in [0.4, 0.5) is 5.95 Å². The first-order chi connectivity index (χ1) is 17.4. The lowest BCUT2D eigenvalue weighted by Crippen LogP contribution is -2.44. The van der Waals surface area contributed by atoms with Gasteiger partial charge in [-0.3, -0.25) is 18.5 Å². The standard InChI is InChI=1S/C26H30N8O2/c1-4-5-8-14-33-22-23(30-25(33)32-13-9-10-18(27)15-32)31(3)26(36)34(24(22)35)16-21-28-17(2)19-11-6-7-12-20(19)29-21/h4,6-8,11-12,18H,9-10,13-16,27H2,1-3H3/t5?,18-/m1/s1. The van der Waals surface area contributed by atoms with E-state index in [4.69, 9.17) is 10.7 Å². The van der Waals surface area contributed by atoms with Crippen LogP contribution in [0.2, 0.25) is 0 Å². The van der Waals surface area contributed by atoms with Gasteiger partial charge in [0.2, 0.25) is 5.95 Å². The van der Waals surface area contributed by atoms with Gasteiger partial charge < -0.3 is 10.6 Å². The number of aromatic nitrogens is 6. The molecule has 1 saturated heterocycles. The van der Waals surface area contributed by atoms with Crippen molar-refractivity contribution >= 4 is 28.0 Å². The van der Waals surface area contributed by atoms with Crippen molar-refractivity contribution in [3.8, 4) is 0 Å². The highest BCUT2D eigenvalue weighted by Crippen LogP contribution is 2.23. The van der Waals surface area contributed by atoms with Gasteiger partial charge in [-0.25, -0.2) is 14.8 Å². The van der Waals surface area contributed by atoms with E-state index in [1.165, 1.54) is 9.13 Å². The summed E-state index contributed by atoms with van der Waals surface area (Å²) >= 11 is 0. The molecule has 0 bridgehead atoms. The number of benzene rings is 1. The summed E-state index contributed by atoms with van der Waals surface area (Å²) in [6.07, 6.45) is 5.55. The normalized spacial score (nSPS) is 15.9. The Balaban J connectivity index is 1.69. The van der Waals surface area contributed by atoms with Crippen molar-refractivity contribution < 1.29 is 0 Å². The van der Waals surface area contributed by atoms with Gasteiger partial charge in [0.15, 0.2) is 11.2 Å². The quantitative estimate of drug-likeness (QED) is 0.428. The van der Waals surface area contributed by atoms with E-state index in [-0.39, 0.29) is 12.6 Å². The summed E-state index contributed by atoms with van der Waals surface area (Å²) in [5.41, 5.74) is 10.7. The van der Waals surface area contributed by atoms with E-state index in [0.717, 1.165) is 36.0 Å². The molecule has 10 heteroatoms. The van der Waals surface area contributed by atoms with Crippen LogP contribution in [0.1, 0.15) is 31.3 Å². The summed E-state index contributed by atoms with van der Waals surface area (Å²) in [5.74, 6) is 1.05. The summed E-state index contributed by atoms with van der Waals surface area (Å²) in [6, 6.07) is 7.72. The zero-order valence-electron chi connectivity index (χ0n) is 20.8. The number of hydrogen-bond donors (Lipinski definition) is 1. The van der Waals surface area contributed by atoms with Gasteiger partial charge in [0.05, 0.1) is 18.6 Å². The average molecular weight is 487 g/mol. The van der Waals surface area contributed by atoms with Gasteiger partial charge >= 0.3 is 5.69 Å². The lowest BCUT2D eigenvalue weighted by molar-refractivity contribution is 0.495. The zero-order chi connectivity index (χ0) is 25.4. The first-order valence-corrected chi connectivity index (χ1v) is 12.2. The molecule has 0 aliphatic carbocycles. The molecule has 5 rings (SSSR count). The maximum atomic E-state index is 13.8. The Morgan fingerprint density at radius 1 is 1.17 bits per heavy atom. The van der Waals surface area contributed by atoms with E-state index in [9.17, 15) is 9.59 Å². The molecule has 36 heavy (non-hydrogen) atoms. The van der Waals surface area contributed by atoms with Crippen molar-refractivity contribution in [2.75, 3.05) is 18.0 Å². The van der Waals surface area contributed by atoms with Gasteiger partial charge in [-0.15, -0.1) is 5.73 Å². The van der Waals surface area contributed by atoms with Crippen LogP contribution in [-0.2, 0) is 20.1 Å². The minimum atomic E-state index is -0.461. The number of piperidine rings is 1. The fraction of sp³-hybridized carbons (Fsp3) is 0.385. The maximum Gasteiger partial charge on any atom is 0.332 e. The molecular formula is C26H30N8O2. The fourth-order valence-electron chi connectivity index (χ4n) is 4.87. The zero-order valence-corrected chi connectivity index (χ0v) is 20.8. The molecular weight excluding hydrogens is 456 g/mol. The molecule has 10 nitrogen and oxygen atoms in total. The van der Waals surface area contributed by atoms with E-state index in [0.29, 0.717) is 36.0 Å². The molecule has 4 heterocycles. The summed E-state index contributed by atoms with van der Waals surface area (Å²) in [6.45, 7) is 5.57. The number of anilines is 1. The largest absolute Gasteiger partial charge is 0.341 e. The van der Waals surface area contributed by atoms with E-state index >= 15 is 0 Å². The van der Waals surface area contributed by atoms with E-state index < -0.39 is 11.2 Å². The Morgan fingerprint density at radius 2 is 1.97 bits per heavy atom. The first kappa shape index (κ1) is 23.7. The number of imidazole rings is 1. The van der Waals surface area contributed by atoms with Gasteiger partial charge in [-0.1, -0.05) is 18.2 Å². The van der Waals surface area contributed by atoms with Crippen molar-refractivity contribution in [1.29, 1.82) is 0 Å². The number of nitrogens with zero attached hydrogens (tertiary/aromatic N) is 7. The number of rotatable bonds is 5. The highest BCUT2D eigenvalue weighted by Gasteiger charge is 2.26. The molecule has 4 aromatic rings. The van der Waals surface area contributed by atoms with E-state index in [2.05, 4.69) is 20.6 Å². The Labute approximate surface area is 208 Å². The molecule has 1 fully saturated rings. The number of para-hydroxylation sites is 1. The predicted molar refractivity (Wildman–Crippen MR) is 140 cm³/mol. The van der Waals surface area contributed by atoms with E-state index in [1.807, 2.05) is 54.8 Å². The molecule has 0 saturated carbocycles. The molecule has 2 N–H and O–H groups in total. The van der Waals surface area contributed by atoms with Crippen LogP contribution in [0.25, 0.3) is 22.1 Å². The molecule has 1 atom stereocenters. The van der Waals surface area contributed by atoms with Crippen LogP contribution in [0.15, 0.2) is 51.7 Å². The van der Waals surface area contributed by atoms with Crippen molar-refractivity contribution in [3.05, 3.63) is 74.5 Å². The predicted octanol–water partition coefficient (Wildman–Crippen LogP) is 1.86. The molecule has 186 valence electrons. The fourth-order valence-corrected chi connectivity index (χ4v) is 4.87. The molecule has 0 amide bonds. The number of aryl methyl sites for hydroxylation is 2. The SMILES string of the molecule is CC=C=CCn1c(N2CCC[C@@H](N)C2)nc2c1c(=O)n(Cc1nc(C)c3ccccc3n1)c(=O)n2C. The summed E-state index contributed by atoms with van der Waals surface area (Å²) < 4.78 is 4.47. The molecule has 0 unspecified atom stereocenters. The second-order valence-corrected chi connectivity index (χ2v) is 9.18. The smallest absolute Gasteiger partial charge is 0.332 e. The lowest BCUT2D eigenvalue weighted by atomic mass is 10.1. The molecule has 1 aliphatic heterocycles. The third-order valence-electron chi connectivity index (χ3n) is 6.65. The van der Waals surface area contributed by atoms with Crippen molar-refractivity contribution in [2.24, 2.45) is 12.8 Å². The number of nitrogens with two attached hydrogens (primary N) is 1. The Kier molecular flexibility index (Phi) is 6.30. The molecule has 0 spiro atoms. The van der Waals surface area contributed by atoms with Crippen molar-refractivity contribution in [3.63, 3.8) is 0 Å². The third kappa shape index (κ3) is 4.14. The minimum Gasteiger partial charge on any atom is -0.341 e. The summed E-state index contributed by atoms with van der Waals surface area (Å²) in [7, 11) is 1.64. The Morgan fingerprint density at radius 3 is 2.75 bits per heavy atom. The monoisotopic (exact) mass is 486 g/mol. The Bertz CT molecular complexity index is 1640. The van der Waals surface area contributed by atoms with Crippen LogP contribution in [0.5, 0.6) is 0 Å². The average Bonchev–Trinajstić information content (AvgIpc) is 3.25. The summed E-state index contributed by atoms with van der Waals surface area (Å²) in [4.78, 5) is 43.2. The first-order valence-electron chi connectivity index (χ1n) is 12.2. The Hall–Kier alpha value is -4.01. The van der Waals surface area contributed by atoms with Crippen LogP contribution in [0.3, 0.4) is 0 Å². The van der Waals surface area contributed by atoms with Gasteiger partial charge in [-0.2, -0.15) is 4.98 Å². The van der Waals surface area contributed by atoms with Crippen LogP contribution in [-0.4, -0.2) is 47.8 Å². The second kappa shape index (κ2) is 9.56. The third-order valence-corrected chi connectivity index (χ3v) is 6.65. The topological polar surface area (TPSA) is 117 Å². The summed E-state index contributed by atoms with van der Waals surface area (Å²) in [5, 5.41) is 0.940. The van der Waals surface area contributed by atoms with Gasteiger partial charge in [0, 0.05) is 37.3 Å². The van der Waals surface area contributed by atoms with Crippen LogP contribution >= 0.6 is 0 Å². The number of hydrogen-bond acceptors (Lipinski definition) is 7. The van der Waals surface area contributed by atoms with Crippen LogP contribution < -0.4 is 21.9 Å². The molecule has 0 radical (unpaired) electrons.